The Bertz CT molecular complexity index is 450. The lowest BCUT2D eigenvalue weighted by atomic mass is 10.3. The third-order valence-electron chi connectivity index (χ3n) is 1.66. The van der Waals surface area contributed by atoms with E-state index in [4.69, 9.17) is 0 Å². The molecule has 0 saturated carbocycles. The molecule has 0 fully saturated rings. The van der Waals surface area contributed by atoms with Crippen molar-refractivity contribution in [1.82, 2.24) is 4.98 Å². The quantitative estimate of drug-likeness (QED) is 0.419. The summed E-state index contributed by atoms with van der Waals surface area (Å²) in [7, 11) is 0. The number of rotatable bonds is 2. The minimum Gasteiger partial charge on any atom is -0.303 e. The van der Waals surface area contributed by atoms with Gasteiger partial charge in [-0.25, -0.2) is 0 Å². The fraction of sp³-hybridized carbons (Fsp3) is 0. The average molecular weight is 178 g/mol. The second-order valence-electron chi connectivity index (χ2n) is 2.46. The Labute approximate surface area is 72.9 Å². The first-order valence-electron chi connectivity index (χ1n) is 3.61. The Morgan fingerprint density at radius 1 is 1.46 bits per heavy atom. The normalized spacial score (nSPS) is 10.2. The van der Waals surface area contributed by atoms with Crippen LogP contribution in [0, 0.1) is 10.1 Å². The summed E-state index contributed by atoms with van der Waals surface area (Å²) in [5, 5.41) is 9.38. The molecule has 0 atom stereocenters. The number of nitro groups is 1. The van der Waals surface area contributed by atoms with Gasteiger partial charge in [0.2, 0.25) is 11.8 Å². The number of hydrogen-bond acceptors (Lipinski definition) is 2. The van der Waals surface area contributed by atoms with E-state index >= 15 is 0 Å². The molecule has 0 saturated heterocycles. The molecule has 0 aliphatic carbocycles. The van der Waals surface area contributed by atoms with Gasteiger partial charge in [0, 0.05) is 11.1 Å². The molecule has 2 rings (SSSR count). The smallest absolute Gasteiger partial charge is 0.243 e. The van der Waals surface area contributed by atoms with Gasteiger partial charge in [-0.1, -0.05) is 17.7 Å². The predicted molar refractivity (Wildman–Crippen MR) is 44.2 cm³/mol. The van der Waals surface area contributed by atoms with Crippen molar-refractivity contribution < 1.29 is 9.71 Å². The first-order valence-corrected chi connectivity index (χ1v) is 3.61. The number of aromatic nitrogens is 2. The SMILES string of the molecule is O=[N+]([O-])[N-][n+]1c[nH]c2ccccc21. The van der Waals surface area contributed by atoms with E-state index in [1.165, 1.54) is 11.0 Å². The number of nitrogens with zero attached hydrogens (tertiary/aromatic N) is 3. The molecule has 6 heteroatoms. The summed E-state index contributed by atoms with van der Waals surface area (Å²) in [5.74, 6) is 0. The van der Waals surface area contributed by atoms with Crippen LogP contribution in [0.2, 0.25) is 0 Å². The largest absolute Gasteiger partial charge is 0.303 e. The molecule has 6 nitrogen and oxygen atoms in total. The average Bonchev–Trinajstić information content (AvgIpc) is 2.48. The van der Waals surface area contributed by atoms with Gasteiger partial charge in [0.05, 0.1) is 0 Å². The van der Waals surface area contributed by atoms with Crippen LogP contribution in [0.25, 0.3) is 16.6 Å². The van der Waals surface area contributed by atoms with Gasteiger partial charge in [0.15, 0.2) is 0 Å². The number of H-pyrrole nitrogens is 1. The van der Waals surface area contributed by atoms with Crippen LogP contribution in [0.5, 0.6) is 0 Å². The highest BCUT2D eigenvalue weighted by molar-refractivity contribution is 5.70. The van der Waals surface area contributed by atoms with E-state index in [1.807, 2.05) is 12.1 Å². The standard InChI is InChI=1S/C7H6N4O2/c12-11(13)9-10-5-8-6-3-1-2-4-7(6)10/h1-5,8H. The second-order valence-corrected chi connectivity index (χ2v) is 2.46. The number of benzene rings is 1. The lowest BCUT2D eigenvalue weighted by Crippen LogP contribution is -2.29. The number of nitrogens with one attached hydrogen (secondary N) is 1. The molecule has 0 radical (unpaired) electrons. The van der Waals surface area contributed by atoms with Crippen LogP contribution in [0.1, 0.15) is 0 Å². The molecular weight excluding hydrogens is 172 g/mol. The molecule has 0 amide bonds. The van der Waals surface area contributed by atoms with E-state index in [2.05, 4.69) is 10.5 Å². The van der Waals surface area contributed by atoms with Crippen LogP contribution in [0.4, 0.5) is 0 Å². The van der Waals surface area contributed by atoms with Crippen molar-refractivity contribution in [2.75, 3.05) is 0 Å². The van der Waals surface area contributed by atoms with Crippen molar-refractivity contribution in [2.24, 2.45) is 0 Å². The number of para-hydroxylation sites is 2. The first-order chi connectivity index (χ1) is 6.27. The van der Waals surface area contributed by atoms with Gasteiger partial charge < -0.3 is 4.98 Å². The summed E-state index contributed by atoms with van der Waals surface area (Å²) in [4.78, 5) is 13.0. The van der Waals surface area contributed by atoms with E-state index in [0.29, 0.717) is 5.52 Å². The zero-order chi connectivity index (χ0) is 9.26. The van der Waals surface area contributed by atoms with Crippen molar-refractivity contribution in [3.8, 4) is 0 Å². The van der Waals surface area contributed by atoms with Crippen molar-refractivity contribution in [2.45, 2.75) is 0 Å². The maximum Gasteiger partial charge on any atom is 0.243 e. The van der Waals surface area contributed by atoms with Gasteiger partial charge >= 0.3 is 0 Å². The molecule has 1 aromatic carbocycles. The number of fused-ring (bicyclic) bond motifs is 1. The molecule has 2 aromatic rings. The minimum atomic E-state index is -0.736. The Balaban J connectivity index is 2.51. The summed E-state index contributed by atoms with van der Waals surface area (Å²) < 4.78 is 1.19. The summed E-state index contributed by atoms with van der Waals surface area (Å²) in [6, 6.07) is 7.21. The van der Waals surface area contributed by atoms with Crippen LogP contribution in [0.3, 0.4) is 0 Å². The van der Waals surface area contributed by atoms with Gasteiger partial charge in [-0.3, -0.25) is 10.1 Å². The fourth-order valence-electron chi connectivity index (χ4n) is 1.15. The summed E-state index contributed by atoms with van der Waals surface area (Å²) in [6.07, 6.45) is 1.44. The zero-order valence-corrected chi connectivity index (χ0v) is 6.54. The molecule has 13 heavy (non-hydrogen) atoms. The molecule has 0 bridgehead atoms. The van der Waals surface area contributed by atoms with Crippen LogP contribution in [-0.4, -0.2) is 10.0 Å². The fourth-order valence-corrected chi connectivity index (χ4v) is 1.15. The zero-order valence-electron chi connectivity index (χ0n) is 6.54. The monoisotopic (exact) mass is 178 g/mol. The maximum absolute atomic E-state index is 10.1. The lowest BCUT2D eigenvalue weighted by Gasteiger charge is -1.97. The molecule has 1 aromatic heterocycles. The van der Waals surface area contributed by atoms with Crippen molar-refractivity contribution in [3.05, 3.63) is 46.2 Å². The van der Waals surface area contributed by atoms with Gasteiger partial charge in [-0.2, -0.15) is 4.68 Å². The van der Waals surface area contributed by atoms with Gasteiger partial charge in [0.1, 0.15) is 5.52 Å². The minimum absolute atomic E-state index is 0.680. The van der Waals surface area contributed by atoms with E-state index in [9.17, 15) is 10.1 Å². The highest BCUT2D eigenvalue weighted by atomic mass is 16.7. The molecular formula is C7H6N4O2. The van der Waals surface area contributed by atoms with Gasteiger partial charge in [-0.15, -0.1) is 0 Å². The number of imidazole rings is 1. The highest BCUT2D eigenvalue weighted by Crippen LogP contribution is 2.05. The summed E-state index contributed by atoms with van der Waals surface area (Å²) >= 11 is 0. The van der Waals surface area contributed by atoms with Crippen LogP contribution < -0.4 is 4.68 Å². The molecule has 1 heterocycles. The third-order valence-corrected chi connectivity index (χ3v) is 1.66. The first kappa shape index (κ1) is 7.53. The summed E-state index contributed by atoms with van der Waals surface area (Å²) in [5.41, 5.74) is 4.65. The maximum atomic E-state index is 10.1. The highest BCUT2D eigenvalue weighted by Gasteiger charge is 2.06. The molecule has 0 aliphatic rings. The van der Waals surface area contributed by atoms with Crippen LogP contribution in [-0.2, 0) is 0 Å². The molecule has 0 spiro atoms. The Morgan fingerprint density at radius 2 is 2.23 bits per heavy atom. The summed E-state index contributed by atoms with van der Waals surface area (Å²) in [6.45, 7) is 0. The number of aromatic amines is 1. The molecule has 0 aliphatic heterocycles. The Kier molecular flexibility index (Phi) is 1.59. The van der Waals surface area contributed by atoms with Crippen molar-refractivity contribution in [1.29, 1.82) is 0 Å². The van der Waals surface area contributed by atoms with Gasteiger partial charge in [-0.05, 0) is 6.07 Å². The Hall–Kier alpha value is -2.11. The molecule has 1 N–H and O–H groups in total. The van der Waals surface area contributed by atoms with E-state index in [-0.39, 0.29) is 0 Å². The van der Waals surface area contributed by atoms with Crippen molar-refractivity contribution in [3.63, 3.8) is 0 Å². The topological polar surface area (TPSA) is 76.9 Å². The second kappa shape index (κ2) is 2.74. The lowest BCUT2D eigenvalue weighted by molar-refractivity contribution is -0.719. The van der Waals surface area contributed by atoms with Crippen molar-refractivity contribution >= 4 is 11.0 Å². The Morgan fingerprint density at radius 3 is 3.00 bits per heavy atom. The van der Waals surface area contributed by atoms with E-state index < -0.39 is 5.03 Å². The predicted octanol–water partition coefficient (Wildman–Crippen LogP) is 0.784. The van der Waals surface area contributed by atoms with E-state index in [1.54, 1.807) is 12.1 Å². The molecule has 66 valence electrons. The van der Waals surface area contributed by atoms with Crippen LogP contribution in [0.15, 0.2) is 30.6 Å². The van der Waals surface area contributed by atoms with E-state index in [0.717, 1.165) is 5.52 Å². The number of hydrogen-bond donors (Lipinski definition) is 1. The van der Waals surface area contributed by atoms with Crippen LogP contribution >= 0.6 is 0 Å². The molecule has 0 unspecified atom stereocenters. The van der Waals surface area contributed by atoms with Gasteiger partial charge in [0.25, 0.3) is 0 Å². The third kappa shape index (κ3) is 1.28.